The largest absolute Gasteiger partial charge is 0.497 e. The van der Waals surface area contributed by atoms with Crippen LogP contribution >= 0.6 is 11.3 Å². The Balaban J connectivity index is 1.73. The van der Waals surface area contributed by atoms with E-state index in [1.807, 2.05) is 12.1 Å². The Labute approximate surface area is 165 Å². The summed E-state index contributed by atoms with van der Waals surface area (Å²) in [5.41, 5.74) is 1.25. The Morgan fingerprint density at radius 2 is 1.79 bits per heavy atom. The highest BCUT2D eigenvalue weighted by Crippen LogP contribution is 2.22. The predicted octanol–water partition coefficient (Wildman–Crippen LogP) is 4.11. The van der Waals surface area contributed by atoms with Gasteiger partial charge in [0.25, 0.3) is 5.91 Å². The van der Waals surface area contributed by atoms with Gasteiger partial charge in [0.2, 0.25) is 6.10 Å². The molecule has 1 unspecified atom stereocenters. The topological polar surface area (TPSA) is 64.6 Å². The van der Waals surface area contributed by atoms with Crippen LogP contribution < -0.4 is 10.1 Å². The number of esters is 1. The van der Waals surface area contributed by atoms with Gasteiger partial charge in [-0.15, -0.1) is 11.3 Å². The van der Waals surface area contributed by atoms with E-state index in [-0.39, 0.29) is 6.54 Å². The average Bonchev–Trinajstić information content (AvgIpc) is 3.26. The molecule has 28 heavy (non-hydrogen) atoms. The van der Waals surface area contributed by atoms with Crippen molar-refractivity contribution in [2.45, 2.75) is 12.6 Å². The number of halogens is 1. The minimum atomic E-state index is -1.19. The summed E-state index contributed by atoms with van der Waals surface area (Å²) in [5.74, 6) is -0.828. The zero-order valence-corrected chi connectivity index (χ0v) is 15.9. The SMILES string of the molecule is COc1ccc(CNC(=O)C(OC(=O)c2cccs2)c2ccc(F)cc2)cc1. The van der Waals surface area contributed by atoms with Crippen LogP contribution in [0.15, 0.2) is 66.0 Å². The summed E-state index contributed by atoms with van der Waals surface area (Å²) in [4.78, 5) is 25.4. The van der Waals surface area contributed by atoms with Crippen molar-refractivity contribution in [3.8, 4) is 5.75 Å². The molecule has 1 amide bonds. The van der Waals surface area contributed by atoms with Crippen LogP contribution in [0.2, 0.25) is 0 Å². The van der Waals surface area contributed by atoms with Crippen LogP contribution in [-0.4, -0.2) is 19.0 Å². The van der Waals surface area contributed by atoms with Crippen molar-refractivity contribution in [3.63, 3.8) is 0 Å². The monoisotopic (exact) mass is 399 g/mol. The molecule has 0 bridgehead atoms. The van der Waals surface area contributed by atoms with Gasteiger partial charge in [-0.3, -0.25) is 4.79 Å². The highest BCUT2D eigenvalue weighted by atomic mass is 32.1. The molecular weight excluding hydrogens is 381 g/mol. The highest BCUT2D eigenvalue weighted by Gasteiger charge is 2.26. The van der Waals surface area contributed by atoms with E-state index in [1.54, 1.807) is 36.8 Å². The Kier molecular flexibility index (Phi) is 6.39. The molecule has 0 saturated carbocycles. The molecule has 1 aromatic heterocycles. The van der Waals surface area contributed by atoms with Gasteiger partial charge in [-0.1, -0.05) is 30.3 Å². The van der Waals surface area contributed by atoms with Crippen LogP contribution in [0, 0.1) is 5.82 Å². The number of hydrogen-bond acceptors (Lipinski definition) is 5. The number of amides is 1. The molecule has 5 nitrogen and oxygen atoms in total. The van der Waals surface area contributed by atoms with E-state index >= 15 is 0 Å². The summed E-state index contributed by atoms with van der Waals surface area (Å²) < 4.78 is 23.8. The van der Waals surface area contributed by atoms with Crippen LogP contribution in [0.3, 0.4) is 0 Å². The third-order valence-corrected chi connectivity index (χ3v) is 4.83. The smallest absolute Gasteiger partial charge is 0.349 e. The van der Waals surface area contributed by atoms with Crippen molar-refractivity contribution in [2.75, 3.05) is 7.11 Å². The quantitative estimate of drug-likeness (QED) is 0.608. The van der Waals surface area contributed by atoms with Crippen LogP contribution in [0.5, 0.6) is 5.75 Å². The van der Waals surface area contributed by atoms with Crippen LogP contribution in [0.4, 0.5) is 4.39 Å². The van der Waals surface area contributed by atoms with Crippen molar-refractivity contribution in [2.24, 2.45) is 0 Å². The molecule has 7 heteroatoms. The molecular formula is C21H18FNO4S. The van der Waals surface area contributed by atoms with Crippen molar-refractivity contribution < 1.29 is 23.5 Å². The first-order valence-electron chi connectivity index (χ1n) is 8.47. The lowest BCUT2D eigenvalue weighted by Gasteiger charge is -2.18. The molecule has 3 rings (SSSR count). The molecule has 1 atom stereocenters. The molecule has 2 aromatic carbocycles. The van der Waals surface area contributed by atoms with Gasteiger partial charge in [0.1, 0.15) is 16.4 Å². The van der Waals surface area contributed by atoms with Gasteiger partial charge in [-0.25, -0.2) is 9.18 Å². The van der Waals surface area contributed by atoms with Gasteiger partial charge in [0.05, 0.1) is 7.11 Å². The lowest BCUT2D eigenvalue weighted by atomic mass is 10.1. The van der Waals surface area contributed by atoms with Gasteiger partial charge < -0.3 is 14.8 Å². The number of benzene rings is 2. The second kappa shape index (κ2) is 9.14. The molecule has 1 heterocycles. The van der Waals surface area contributed by atoms with Gasteiger partial charge >= 0.3 is 5.97 Å². The fourth-order valence-corrected chi connectivity index (χ4v) is 3.10. The fraction of sp³-hybridized carbons (Fsp3) is 0.143. The lowest BCUT2D eigenvalue weighted by Crippen LogP contribution is -2.31. The normalized spacial score (nSPS) is 11.5. The predicted molar refractivity (Wildman–Crippen MR) is 104 cm³/mol. The van der Waals surface area contributed by atoms with Gasteiger partial charge in [0.15, 0.2) is 0 Å². The molecule has 0 aliphatic carbocycles. The molecule has 0 fully saturated rings. The van der Waals surface area contributed by atoms with E-state index in [0.717, 1.165) is 5.56 Å². The molecule has 144 valence electrons. The van der Waals surface area contributed by atoms with Crippen molar-refractivity contribution >= 4 is 23.2 Å². The van der Waals surface area contributed by atoms with Gasteiger partial charge in [-0.2, -0.15) is 0 Å². The van der Waals surface area contributed by atoms with Crippen LogP contribution in [-0.2, 0) is 16.1 Å². The van der Waals surface area contributed by atoms with Crippen molar-refractivity contribution in [1.82, 2.24) is 5.32 Å². The molecule has 0 aliphatic rings. The molecule has 0 aliphatic heterocycles. The first-order chi connectivity index (χ1) is 13.6. The first kappa shape index (κ1) is 19.6. The van der Waals surface area contributed by atoms with Crippen LogP contribution in [0.25, 0.3) is 0 Å². The Morgan fingerprint density at radius 3 is 2.39 bits per heavy atom. The summed E-state index contributed by atoms with van der Waals surface area (Å²) in [6.45, 7) is 0.247. The summed E-state index contributed by atoms with van der Waals surface area (Å²) in [7, 11) is 1.58. The van der Waals surface area contributed by atoms with E-state index < -0.39 is 23.8 Å². The Bertz CT molecular complexity index is 924. The zero-order valence-electron chi connectivity index (χ0n) is 15.1. The van der Waals surface area contributed by atoms with E-state index in [4.69, 9.17) is 9.47 Å². The summed E-state index contributed by atoms with van der Waals surface area (Å²) in [5, 5.41) is 4.50. The van der Waals surface area contributed by atoms with E-state index in [9.17, 15) is 14.0 Å². The summed E-state index contributed by atoms with van der Waals surface area (Å²) in [6.07, 6.45) is -1.19. The molecule has 1 N–H and O–H groups in total. The number of hydrogen-bond donors (Lipinski definition) is 1. The number of carbonyl (C=O) groups excluding carboxylic acids is 2. The fourth-order valence-electron chi connectivity index (χ4n) is 2.50. The second-order valence-corrected chi connectivity index (χ2v) is 6.83. The maximum absolute atomic E-state index is 13.3. The van der Waals surface area contributed by atoms with Gasteiger partial charge in [0, 0.05) is 12.1 Å². The third kappa shape index (κ3) is 4.95. The first-order valence-corrected chi connectivity index (χ1v) is 9.35. The van der Waals surface area contributed by atoms with Crippen LogP contribution in [0.1, 0.15) is 26.9 Å². The minimum Gasteiger partial charge on any atom is -0.497 e. The lowest BCUT2D eigenvalue weighted by molar-refractivity contribution is -0.130. The maximum atomic E-state index is 13.3. The number of rotatable bonds is 7. The number of thiophene rings is 1. The standard InChI is InChI=1S/C21H18FNO4S/c1-26-17-10-4-14(5-11-17)13-23-20(24)19(15-6-8-16(22)9-7-15)27-21(25)18-3-2-12-28-18/h2-12,19H,13H2,1H3,(H,23,24). The Hall–Kier alpha value is -3.19. The molecule has 0 radical (unpaired) electrons. The number of carbonyl (C=O) groups is 2. The summed E-state index contributed by atoms with van der Waals surface area (Å²) in [6, 6.07) is 15.8. The van der Waals surface area contributed by atoms with Crippen molar-refractivity contribution in [3.05, 3.63) is 87.9 Å². The molecule has 0 spiro atoms. The number of nitrogens with one attached hydrogen (secondary N) is 1. The number of ether oxygens (including phenoxy) is 2. The average molecular weight is 399 g/mol. The highest BCUT2D eigenvalue weighted by molar-refractivity contribution is 7.11. The third-order valence-electron chi connectivity index (χ3n) is 3.98. The van der Waals surface area contributed by atoms with E-state index in [0.29, 0.717) is 16.2 Å². The maximum Gasteiger partial charge on any atom is 0.349 e. The van der Waals surface area contributed by atoms with E-state index in [2.05, 4.69) is 5.32 Å². The number of methoxy groups -OCH3 is 1. The Morgan fingerprint density at radius 1 is 1.07 bits per heavy atom. The summed E-state index contributed by atoms with van der Waals surface area (Å²) >= 11 is 1.22. The van der Waals surface area contributed by atoms with Crippen molar-refractivity contribution in [1.29, 1.82) is 0 Å². The molecule has 3 aromatic rings. The van der Waals surface area contributed by atoms with E-state index in [1.165, 1.54) is 35.6 Å². The van der Waals surface area contributed by atoms with Gasteiger partial charge in [-0.05, 0) is 41.3 Å². The second-order valence-electron chi connectivity index (χ2n) is 5.88. The zero-order chi connectivity index (χ0) is 19.9. The minimum absolute atomic E-state index is 0.247. The molecule has 0 saturated heterocycles.